The lowest BCUT2D eigenvalue weighted by atomic mass is 9.80. The Kier molecular flexibility index (Phi) is 9.85. The minimum atomic E-state index is -0.940. The summed E-state index contributed by atoms with van der Waals surface area (Å²) in [4.78, 5) is 62.7. The summed E-state index contributed by atoms with van der Waals surface area (Å²) in [7, 11) is 0. The van der Waals surface area contributed by atoms with Crippen LogP contribution in [0.3, 0.4) is 0 Å². The van der Waals surface area contributed by atoms with Gasteiger partial charge in [-0.05, 0) is 94.7 Å². The number of hydrogen-bond acceptors (Lipinski definition) is 7. The molecule has 13 nitrogen and oxygen atoms in total. The molecule has 6 rings (SSSR count). The number of carbonyl (C=O) groups excluding carboxylic acids is 2. The Morgan fingerprint density at radius 3 is 2.36 bits per heavy atom. The second-order valence-electron chi connectivity index (χ2n) is 14.4. The highest BCUT2D eigenvalue weighted by atomic mass is 16.4. The first kappa shape index (κ1) is 34.5. The normalized spacial score (nSPS) is 17.9. The van der Waals surface area contributed by atoms with Crippen molar-refractivity contribution in [3.05, 3.63) is 70.3 Å². The molecule has 3 amide bonds. The molecule has 0 bridgehead atoms. The van der Waals surface area contributed by atoms with E-state index in [0.29, 0.717) is 36.1 Å². The van der Waals surface area contributed by atoms with E-state index in [9.17, 15) is 24.3 Å². The Morgan fingerprint density at radius 1 is 0.960 bits per heavy atom. The lowest BCUT2D eigenvalue weighted by Gasteiger charge is -2.38. The standard InChI is InChI=1S/C37H46N8O5/c1-21-27(19-30-32(40-21)39-16-15-38-30)24-9-5-22(6-10-24)17-31(34(47)41-26-13-14-28-29(18-26)44-35(48)43-28)42-33(46)25-11-7-23(8-12-25)20-45(36(49)50)37(2,3)4/h5-6,9-10,13-14,18-19,23,25,31,38H,7-8,11-12,15-17,20H2,1-4H3,(H,39,40)(H,41,47)(H,42,46)(H,49,50)(H2,43,44,48)/t23?,25?,31-/m0/s1. The molecule has 1 atom stereocenters. The maximum absolute atomic E-state index is 13.8. The Bertz CT molecular complexity index is 1940. The molecule has 4 aromatic rings. The minimum absolute atomic E-state index is 0.169. The molecule has 0 spiro atoms. The zero-order valence-electron chi connectivity index (χ0n) is 29.0. The number of nitrogens with zero attached hydrogens (tertiary/aromatic N) is 2. The molecule has 1 fully saturated rings. The molecule has 7 N–H and O–H groups in total. The lowest BCUT2D eigenvalue weighted by molar-refractivity contribution is -0.130. The third-order valence-corrected chi connectivity index (χ3v) is 9.77. The van der Waals surface area contributed by atoms with Gasteiger partial charge in [0.15, 0.2) is 0 Å². The van der Waals surface area contributed by atoms with Crippen LogP contribution < -0.4 is 27.0 Å². The monoisotopic (exact) mass is 682 g/mol. The summed E-state index contributed by atoms with van der Waals surface area (Å²) in [6.07, 6.45) is 2.02. The number of hydrogen-bond donors (Lipinski definition) is 7. The van der Waals surface area contributed by atoms with Crippen LogP contribution in [0.15, 0.2) is 53.3 Å². The van der Waals surface area contributed by atoms with Gasteiger partial charge >= 0.3 is 11.8 Å². The van der Waals surface area contributed by atoms with Gasteiger partial charge in [-0.3, -0.25) is 9.59 Å². The molecule has 13 heteroatoms. The topological polar surface area (TPSA) is 184 Å². The summed E-state index contributed by atoms with van der Waals surface area (Å²) in [6, 6.07) is 14.3. The number of rotatable bonds is 9. The zero-order valence-corrected chi connectivity index (χ0v) is 29.0. The number of pyridine rings is 1. The molecule has 264 valence electrons. The summed E-state index contributed by atoms with van der Waals surface area (Å²) >= 11 is 0. The third-order valence-electron chi connectivity index (χ3n) is 9.77. The number of amides is 3. The van der Waals surface area contributed by atoms with E-state index < -0.39 is 17.7 Å². The van der Waals surface area contributed by atoms with Gasteiger partial charge in [-0.1, -0.05) is 24.3 Å². The number of aromatic amines is 2. The SMILES string of the molecule is Cc1nc2c(cc1-c1ccc(C[C@H](NC(=O)C3CCC(CN(C(=O)O)C(C)(C)C)CC3)C(=O)Nc3ccc4[nH]c(=O)[nH]c4c3)cc1)NCCN2. The third kappa shape index (κ3) is 7.93. The molecular weight excluding hydrogens is 636 g/mol. The summed E-state index contributed by atoms with van der Waals surface area (Å²) in [6.45, 7) is 9.71. The van der Waals surface area contributed by atoms with Gasteiger partial charge in [0.05, 0.1) is 16.7 Å². The highest BCUT2D eigenvalue weighted by Crippen LogP contribution is 2.33. The van der Waals surface area contributed by atoms with Crippen molar-refractivity contribution in [2.75, 3.05) is 35.6 Å². The van der Waals surface area contributed by atoms with Crippen molar-refractivity contribution in [3.8, 4) is 11.1 Å². The smallest absolute Gasteiger partial charge is 0.407 e. The van der Waals surface area contributed by atoms with Crippen LogP contribution in [0.1, 0.15) is 57.7 Å². The number of imidazole rings is 1. The molecule has 3 heterocycles. The fraction of sp³-hybridized carbons (Fsp3) is 0.432. The molecule has 1 aliphatic heterocycles. The van der Waals surface area contributed by atoms with Gasteiger partial charge < -0.3 is 41.2 Å². The molecule has 1 aliphatic carbocycles. The summed E-state index contributed by atoms with van der Waals surface area (Å²) in [5.41, 5.74) is 5.59. The van der Waals surface area contributed by atoms with Crippen LogP contribution in [0.25, 0.3) is 22.2 Å². The van der Waals surface area contributed by atoms with Gasteiger partial charge in [-0.25, -0.2) is 14.6 Å². The number of aryl methyl sites for hydroxylation is 1. The number of anilines is 3. The maximum Gasteiger partial charge on any atom is 0.407 e. The molecule has 1 saturated carbocycles. The first-order chi connectivity index (χ1) is 23.8. The molecule has 2 aliphatic rings. The van der Waals surface area contributed by atoms with E-state index >= 15 is 0 Å². The van der Waals surface area contributed by atoms with Gasteiger partial charge in [0, 0.05) is 54.5 Å². The molecule has 2 aromatic heterocycles. The van der Waals surface area contributed by atoms with Crippen molar-refractivity contribution in [2.24, 2.45) is 11.8 Å². The van der Waals surface area contributed by atoms with E-state index in [0.717, 1.165) is 59.8 Å². The summed E-state index contributed by atoms with van der Waals surface area (Å²) in [5, 5.41) is 22.4. The van der Waals surface area contributed by atoms with Gasteiger partial charge in [0.1, 0.15) is 11.9 Å². The first-order valence-corrected chi connectivity index (χ1v) is 17.3. The van der Waals surface area contributed by atoms with E-state index in [-0.39, 0.29) is 35.8 Å². The highest BCUT2D eigenvalue weighted by Gasteiger charge is 2.33. The molecule has 0 saturated heterocycles. The number of fused-ring (bicyclic) bond motifs is 2. The number of H-pyrrole nitrogens is 2. The van der Waals surface area contributed by atoms with Crippen LogP contribution >= 0.6 is 0 Å². The van der Waals surface area contributed by atoms with Crippen molar-refractivity contribution >= 4 is 46.1 Å². The molecule has 0 unspecified atom stereocenters. The van der Waals surface area contributed by atoms with Gasteiger partial charge in [-0.15, -0.1) is 0 Å². The maximum atomic E-state index is 13.8. The average Bonchev–Trinajstić information content (AvgIpc) is 3.45. The Hall–Kier alpha value is -5.33. The Labute approximate surface area is 290 Å². The van der Waals surface area contributed by atoms with Crippen LogP contribution in [0, 0.1) is 18.8 Å². The van der Waals surface area contributed by atoms with E-state index in [4.69, 9.17) is 4.98 Å². The number of benzene rings is 2. The van der Waals surface area contributed by atoms with E-state index in [1.54, 1.807) is 18.2 Å². The van der Waals surface area contributed by atoms with Crippen molar-refractivity contribution < 1.29 is 19.5 Å². The summed E-state index contributed by atoms with van der Waals surface area (Å²) < 4.78 is 0. The second-order valence-corrected chi connectivity index (χ2v) is 14.4. The largest absolute Gasteiger partial charge is 0.465 e. The number of nitrogens with one attached hydrogen (secondary N) is 6. The number of carboxylic acid groups (broad SMARTS) is 1. The fourth-order valence-electron chi connectivity index (χ4n) is 6.94. The van der Waals surface area contributed by atoms with E-state index in [1.165, 1.54) is 4.90 Å². The Morgan fingerprint density at radius 2 is 1.66 bits per heavy atom. The predicted molar refractivity (Wildman–Crippen MR) is 195 cm³/mol. The van der Waals surface area contributed by atoms with Crippen molar-refractivity contribution in [2.45, 2.75) is 71.4 Å². The molecule has 0 radical (unpaired) electrons. The van der Waals surface area contributed by atoms with E-state index in [2.05, 4.69) is 37.3 Å². The first-order valence-electron chi connectivity index (χ1n) is 17.3. The quantitative estimate of drug-likeness (QED) is 0.124. The van der Waals surface area contributed by atoms with Gasteiger partial charge in [-0.2, -0.15) is 0 Å². The van der Waals surface area contributed by atoms with Crippen LogP contribution in [0.4, 0.5) is 22.0 Å². The highest BCUT2D eigenvalue weighted by molar-refractivity contribution is 5.98. The molecule has 50 heavy (non-hydrogen) atoms. The number of aromatic nitrogens is 3. The zero-order chi connectivity index (χ0) is 35.6. The van der Waals surface area contributed by atoms with Crippen molar-refractivity contribution in [3.63, 3.8) is 0 Å². The minimum Gasteiger partial charge on any atom is -0.465 e. The predicted octanol–water partition coefficient (Wildman–Crippen LogP) is 5.31. The lowest BCUT2D eigenvalue weighted by Crippen LogP contribution is -2.49. The van der Waals surface area contributed by atoms with Gasteiger partial charge in [0.25, 0.3) is 0 Å². The summed E-state index contributed by atoms with van der Waals surface area (Å²) in [5.74, 6) is 0.183. The van der Waals surface area contributed by atoms with Crippen LogP contribution in [0.2, 0.25) is 0 Å². The second kappa shape index (κ2) is 14.3. The fourth-order valence-corrected chi connectivity index (χ4v) is 6.94. The van der Waals surface area contributed by atoms with Crippen LogP contribution in [-0.2, 0) is 16.0 Å². The van der Waals surface area contributed by atoms with Crippen LogP contribution in [-0.4, -0.2) is 74.1 Å². The number of carbonyl (C=O) groups is 3. The molecule has 2 aromatic carbocycles. The van der Waals surface area contributed by atoms with E-state index in [1.807, 2.05) is 52.0 Å². The van der Waals surface area contributed by atoms with Crippen molar-refractivity contribution in [1.82, 2.24) is 25.2 Å². The van der Waals surface area contributed by atoms with Gasteiger partial charge in [0.2, 0.25) is 11.8 Å². The molecular formula is C37H46N8O5. The van der Waals surface area contributed by atoms with Crippen molar-refractivity contribution in [1.29, 1.82) is 0 Å². The van der Waals surface area contributed by atoms with Crippen LogP contribution in [0.5, 0.6) is 0 Å². The average molecular weight is 683 g/mol. The Balaban J connectivity index is 1.16.